The molecule has 2 amide bonds. The van der Waals surface area contributed by atoms with Crippen LogP contribution in [0, 0.1) is 11.8 Å². The van der Waals surface area contributed by atoms with E-state index in [1.165, 1.54) is 0 Å². The highest BCUT2D eigenvalue weighted by molar-refractivity contribution is 9.10. The fourth-order valence-corrected chi connectivity index (χ4v) is 12.2. The summed E-state index contributed by atoms with van der Waals surface area (Å²) >= 11 is 6.49. The monoisotopic (exact) mass is 1070 g/mol. The van der Waals surface area contributed by atoms with Crippen molar-refractivity contribution in [3.8, 4) is 10.6 Å². The Morgan fingerprint density at radius 2 is 1.18 bits per heavy atom. The van der Waals surface area contributed by atoms with Crippen molar-refractivity contribution in [3.63, 3.8) is 0 Å². The first kappa shape index (κ1) is 48.7. The fourth-order valence-electron chi connectivity index (χ4n) is 7.35. The largest absolute Gasteiger partial charge is 0.507 e. The molecule has 0 spiro atoms. The Morgan fingerprint density at radius 1 is 0.706 bits per heavy atom. The van der Waals surface area contributed by atoms with Crippen LogP contribution in [0.25, 0.3) is 21.9 Å². The van der Waals surface area contributed by atoms with Crippen LogP contribution in [0.1, 0.15) is 63.4 Å². The maximum Gasteiger partial charge on any atom is 0.507 e. The molecule has 3 saturated heterocycles. The van der Waals surface area contributed by atoms with Crippen LogP contribution in [-0.4, -0.2) is 145 Å². The summed E-state index contributed by atoms with van der Waals surface area (Å²) in [6.45, 7) is 11.7. The lowest BCUT2D eigenvalue weighted by Gasteiger charge is -2.32. The number of nitrogens with zero attached hydrogens (tertiary/aromatic N) is 10. The van der Waals surface area contributed by atoms with Crippen LogP contribution in [0.3, 0.4) is 0 Å². The van der Waals surface area contributed by atoms with E-state index in [9.17, 15) is 26.4 Å². The van der Waals surface area contributed by atoms with Crippen molar-refractivity contribution >= 4 is 105 Å². The highest BCUT2D eigenvalue weighted by Gasteiger charge is 2.52. The number of carbonyl (C=O) groups is 2. The van der Waals surface area contributed by atoms with Gasteiger partial charge in [-0.25, -0.2) is 35.8 Å². The molecule has 6 aromatic heterocycles. The SMILES string of the molecule is CC1(C)OB(c2cnc(CN3CCS(=O)(=O)CC3)s2)OC1(C)C.O=C(Nc1nc2cccc(-c3cnc(CN4CCS(=O)(=O)CC4)s3)n2n1)C1CC1.O=C(Nc1nc2cccc(Br)n2n1)C1CC1. The van der Waals surface area contributed by atoms with Crippen LogP contribution in [0.2, 0.25) is 0 Å². The van der Waals surface area contributed by atoms with Crippen LogP contribution in [0.5, 0.6) is 0 Å². The number of pyridine rings is 2. The van der Waals surface area contributed by atoms with E-state index in [2.05, 4.69) is 66.5 Å². The zero-order valence-corrected chi connectivity index (χ0v) is 42.9. The molecule has 0 aromatic carbocycles. The summed E-state index contributed by atoms with van der Waals surface area (Å²) in [4.78, 5) is 46.3. The normalized spacial score (nSPS) is 20.9. The minimum Gasteiger partial charge on any atom is -0.399 e. The lowest BCUT2D eigenvalue weighted by atomic mass is 9.89. The number of sulfone groups is 2. The molecular weight excluding hydrogens is 1020 g/mol. The second-order valence-electron chi connectivity index (χ2n) is 18.4. The summed E-state index contributed by atoms with van der Waals surface area (Å²) in [6, 6.07) is 11.3. The number of hydrogen-bond donors (Lipinski definition) is 2. The number of rotatable bonds is 10. The lowest BCUT2D eigenvalue weighted by Crippen LogP contribution is -2.41. The molecule has 6 aromatic rings. The summed E-state index contributed by atoms with van der Waals surface area (Å²) in [5.74, 6) is 1.82. The van der Waals surface area contributed by atoms with Crippen LogP contribution in [-0.2, 0) is 51.7 Å². The molecule has 5 aliphatic rings. The highest BCUT2D eigenvalue weighted by Crippen LogP contribution is 2.37. The third-order valence-corrected chi connectivity index (χ3v) is 18.3. The Kier molecular flexibility index (Phi) is 14.0. The van der Waals surface area contributed by atoms with Gasteiger partial charge in [-0.15, -0.1) is 32.9 Å². The van der Waals surface area contributed by atoms with Crippen molar-refractivity contribution in [2.45, 2.75) is 77.7 Å². The quantitative estimate of drug-likeness (QED) is 0.146. The predicted molar refractivity (Wildman–Crippen MR) is 263 cm³/mol. The Labute approximate surface area is 410 Å². The van der Waals surface area contributed by atoms with Gasteiger partial charge in [0.2, 0.25) is 23.7 Å². The molecule has 2 aliphatic carbocycles. The van der Waals surface area contributed by atoms with Gasteiger partial charge >= 0.3 is 7.12 Å². The van der Waals surface area contributed by atoms with Crippen LogP contribution >= 0.6 is 38.6 Å². The number of nitrogens with one attached hydrogen (secondary N) is 2. The molecule has 2 saturated carbocycles. The number of amides is 2. The third-order valence-electron chi connectivity index (χ3n) is 12.5. The molecule has 68 heavy (non-hydrogen) atoms. The van der Waals surface area contributed by atoms with Crippen molar-refractivity contribution < 1.29 is 35.7 Å². The van der Waals surface area contributed by atoms with E-state index >= 15 is 0 Å². The van der Waals surface area contributed by atoms with E-state index in [0.29, 0.717) is 62.5 Å². The van der Waals surface area contributed by atoms with Crippen LogP contribution in [0.4, 0.5) is 11.9 Å². The van der Waals surface area contributed by atoms with Crippen molar-refractivity contribution in [2.75, 3.05) is 59.8 Å². The number of thiazole rings is 2. The fraction of sp³-hybridized carbons (Fsp3) is 0.524. The molecular formula is C42H52BBrN12O8S4. The van der Waals surface area contributed by atoms with Crippen molar-refractivity contribution in [1.29, 1.82) is 0 Å². The van der Waals surface area contributed by atoms with Gasteiger partial charge in [-0.2, -0.15) is 9.97 Å². The molecule has 0 bridgehead atoms. The van der Waals surface area contributed by atoms with Crippen molar-refractivity contribution in [1.82, 2.24) is 49.0 Å². The van der Waals surface area contributed by atoms with E-state index in [1.54, 1.807) is 37.9 Å². The standard InChI is InChI=1S/C18H20N6O3S2.C14H23BN2O4S2.C10H9BrN4O/c25-17(12-4-5-12)21-18-20-15-3-1-2-13(24(15)22-18)14-10-19-16(28-14)11-23-6-8-29(26,27)9-7-23;1-13(2)14(3,4)21-15(20-13)11-9-16-12(22-11)10-17-5-7-23(18,19)8-6-17;11-7-2-1-3-8-12-10(14-15(7)8)13-9(16)6-4-5-6/h1-3,10,12H,4-9,11H2,(H,21,22,25);9H,5-8,10H2,1-4H3;1-3,6H,4-5H2,(H,13,14,16). The summed E-state index contributed by atoms with van der Waals surface area (Å²) < 4.78 is 63.3. The van der Waals surface area contributed by atoms with Gasteiger partial charge < -0.3 is 9.31 Å². The number of halogens is 1. The number of fused-ring (bicyclic) bond motifs is 2. The molecule has 2 N–H and O–H groups in total. The second-order valence-corrected chi connectivity index (χ2v) is 26.1. The molecule has 3 aliphatic heterocycles. The van der Waals surface area contributed by atoms with Crippen LogP contribution in [0.15, 0.2) is 53.4 Å². The molecule has 26 heteroatoms. The molecule has 0 atom stereocenters. The maximum absolute atomic E-state index is 12.0. The van der Waals surface area contributed by atoms with E-state index in [-0.39, 0.29) is 65.0 Å². The Bertz CT molecular complexity index is 3020. The average molecular weight is 1070 g/mol. The number of hydrogen-bond acceptors (Lipinski definition) is 18. The first-order valence-electron chi connectivity index (χ1n) is 22.4. The number of aromatic nitrogens is 8. The molecule has 9 heterocycles. The summed E-state index contributed by atoms with van der Waals surface area (Å²) in [7, 11) is -6.11. The topological polar surface area (TPSA) is 238 Å². The van der Waals surface area contributed by atoms with E-state index < -0.39 is 19.7 Å². The van der Waals surface area contributed by atoms with Crippen molar-refractivity contribution in [3.05, 3.63) is 63.4 Å². The Balaban J connectivity index is 0.000000133. The number of carbonyl (C=O) groups excluding carboxylic acids is 2. The molecule has 362 valence electrons. The maximum atomic E-state index is 12.0. The van der Waals surface area contributed by atoms with Gasteiger partial charge in [-0.05, 0) is 93.6 Å². The van der Waals surface area contributed by atoms with E-state index in [0.717, 1.165) is 55.6 Å². The lowest BCUT2D eigenvalue weighted by molar-refractivity contribution is -0.118. The Hall–Kier alpha value is -4.28. The van der Waals surface area contributed by atoms with Crippen molar-refractivity contribution in [2.24, 2.45) is 11.8 Å². The smallest absolute Gasteiger partial charge is 0.399 e. The van der Waals surface area contributed by atoms with Gasteiger partial charge in [-0.1, -0.05) is 12.1 Å². The van der Waals surface area contributed by atoms with E-state index in [1.807, 2.05) is 70.3 Å². The molecule has 5 fully saturated rings. The third kappa shape index (κ3) is 11.8. The van der Waals surface area contributed by atoms with E-state index in [4.69, 9.17) is 9.31 Å². The van der Waals surface area contributed by atoms with Gasteiger partial charge in [-0.3, -0.25) is 30.0 Å². The summed E-state index contributed by atoms with van der Waals surface area (Å²) in [5, 5.41) is 16.0. The summed E-state index contributed by atoms with van der Waals surface area (Å²) in [6.07, 6.45) is 7.42. The molecule has 11 rings (SSSR count). The molecule has 0 radical (unpaired) electrons. The zero-order chi connectivity index (χ0) is 48.0. The second kappa shape index (κ2) is 19.5. The van der Waals surface area contributed by atoms with Gasteiger partial charge in [0.05, 0.1) is 62.7 Å². The zero-order valence-electron chi connectivity index (χ0n) is 38.0. The van der Waals surface area contributed by atoms with Gasteiger partial charge in [0, 0.05) is 50.4 Å². The van der Waals surface area contributed by atoms with Crippen LogP contribution < -0.4 is 15.4 Å². The first-order valence-corrected chi connectivity index (χ1v) is 28.5. The Morgan fingerprint density at radius 3 is 1.69 bits per heavy atom. The molecule has 20 nitrogen and oxygen atoms in total. The van der Waals surface area contributed by atoms with Gasteiger partial charge in [0.15, 0.2) is 31.0 Å². The first-order chi connectivity index (χ1) is 32.3. The average Bonchev–Trinajstić information content (AvgIpc) is 4.09. The molecule has 0 unspecified atom stereocenters. The minimum absolute atomic E-state index is 0.0204. The van der Waals surface area contributed by atoms with Gasteiger partial charge in [0.1, 0.15) is 14.6 Å². The predicted octanol–water partition coefficient (Wildman–Crippen LogP) is 3.94. The van der Waals surface area contributed by atoms with Gasteiger partial charge in [0.25, 0.3) is 0 Å². The minimum atomic E-state index is -2.89. The number of anilines is 2. The highest BCUT2D eigenvalue weighted by atomic mass is 79.9. The summed E-state index contributed by atoms with van der Waals surface area (Å²) in [5.41, 5.74) is 1.50.